The molecular formula is C17H25N3S. The average molecular weight is 303 g/mol. The zero-order valence-corrected chi connectivity index (χ0v) is 14.3. The Morgan fingerprint density at radius 3 is 2.48 bits per heavy atom. The molecule has 1 aromatic heterocycles. The van der Waals surface area contributed by atoms with E-state index >= 15 is 0 Å². The van der Waals surface area contributed by atoms with Crippen molar-refractivity contribution in [3.8, 4) is 0 Å². The number of hydrogen-bond donors (Lipinski definition) is 1. The van der Waals surface area contributed by atoms with E-state index in [1.165, 1.54) is 16.1 Å². The van der Waals surface area contributed by atoms with E-state index in [4.69, 9.17) is 4.98 Å². The largest absolute Gasteiger partial charge is 0.318 e. The molecule has 0 amide bonds. The summed E-state index contributed by atoms with van der Waals surface area (Å²) in [6.07, 6.45) is 1.16. The van der Waals surface area contributed by atoms with E-state index in [1.807, 2.05) is 0 Å². The van der Waals surface area contributed by atoms with Gasteiger partial charge in [0.1, 0.15) is 0 Å². The van der Waals surface area contributed by atoms with Crippen molar-refractivity contribution in [2.24, 2.45) is 0 Å². The van der Waals surface area contributed by atoms with Crippen LogP contribution in [0.3, 0.4) is 0 Å². The van der Waals surface area contributed by atoms with Gasteiger partial charge in [-0.3, -0.25) is 0 Å². The Balaban J connectivity index is 2.18. The fraction of sp³-hybridized carbons (Fsp3) is 0.471. The zero-order chi connectivity index (χ0) is 15.2. The van der Waals surface area contributed by atoms with Crippen LogP contribution in [0.15, 0.2) is 24.3 Å². The van der Waals surface area contributed by atoms with Gasteiger partial charge in [0.2, 0.25) is 0 Å². The van der Waals surface area contributed by atoms with Gasteiger partial charge in [0.15, 0.2) is 5.13 Å². The third kappa shape index (κ3) is 4.05. The molecule has 0 aliphatic rings. The minimum atomic E-state index is 0.919. The van der Waals surface area contributed by atoms with Gasteiger partial charge < -0.3 is 10.2 Å². The summed E-state index contributed by atoms with van der Waals surface area (Å²) in [7, 11) is 0. The summed E-state index contributed by atoms with van der Waals surface area (Å²) in [5.41, 5.74) is 3.64. The molecule has 0 aliphatic heterocycles. The number of aromatic nitrogens is 1. The smallest absolute Gasteiger partial charge is 0.190 e. The lowest BCUT2D eigenvalue weighted by Crippen LogP contribution is -2.15. The van der Waals surface area contributed by atoms with Crippen molar-refractivity contribution in [3.05, 3.63) is 40.4 Å². The van der Waals surface area contributed by atoms with Crippen LogP contribution < -0.4 is 10.2 Å². The minimum absolute atomic E-state index is 0.919. The molecule has 1 aromatic carbocycles. The Morgan fingerprint density at radius 2 is 1.86 bits per heavy atom. The van der Waals surface area contributed by atoms with E-state index in [2.05, 4.69) is 62.2 Å². The summed E-state index contributed by atoms with van der Waals surface area (Å²) < 4.78 is 0. The highest BCUT2D eigenvalue weighted by Gasteiger charge is 2.14. The van der Waals surface area contributed by atoms with Crippen LogP contribution in [0.25, 0.3) is 0 Å². The summed E-state index contributed by atoms with van der Waals surface area (Å²) in [5, 5.41) is 4.55. The summed E-state index contributed by atoms with van der Waals surface area (Å²) >= 11 is 1.79. The van der Waals surface area contributed by atoms with E-state index in [-0.39, 0.29) is 0 Å². The third-order valence-corrected chi connectivity index (χ3v) is 4.67. The molecule has 0 saturated heterocycles. The van der Waals surface area contributed by atoms with E-state index in [9.17, 15) is 0 Å². The second-order valence-electron chi connectivity index (χ2n) is 5.26. The lowest BCUT2D eigenvalue weighted by molar-refractivity contribution is 0.678. The highest BCUT2D eigenvalue weighted by atomic mass is 32.1. The Kier molecular flexibility index (Phi) is 5.76. The van der Waals surface area contributed by atoms with Crippen molar-refractivity contribution in [2.45, 2.75) is 40.7 Å². The molecule has 2 aromatic rings. The number of aryl methyl sites for hydroxylation is 2. The number of nitrogens with zero attached hydrogens (tertiary/aromatic N) is 2. The van der Waals surface area contributed by atoms with Crippen molar-refractivity contribution in [1.82, 2.24) is 10.3 Å². The maximum atomic E-state index is 4.76. The van der Waals surface area contributed by atoms with Crippen LogP contribution in [-0.2, 0) is 6.54 Å². The predicted octanol–water partition coefficient (Wildman–Crippen LogP) is 4.42. The van der Waals surface area contributed by atoms with Gasteiger partial charge in [-0.05, 0) is 45.9 Å². The van der Waals surface area contributed by atoms with Crippen LogP contribution in [0.1, 0.15) is 36.4 Å². The molecule has 0 saturated carbocycles. The Bertz CT molecular complexity index is 560. The molecule has 114 valence electrons. The number of rotatable bonds is 7. The van der Waals surface area contributed by atoms with Crippen molar-refractivity contribution in [1.29, 1.82) is 0 Å². The molecule has 21 heavy (non-hydrogen) atoms. The first-order chi connectivity index (χ1) is 10.2. The van der Waals surface area contributed by atoms with Gasteiger partial charge in [-0.25, -0.2) is 4.98 Å². The highest BCUT2D eigenvalue weighted by Crippen LogP contribution is 2.31. The summed E-state index contributed by atoms with van der Waals surface area (Å²) in [6, 6.07) is 8.65. The maximum Gasteiger partial charge on any atom is 0.190 e. The lowest BCUT2D eigenvalue weighted by Gasteiger charge is -2.20. The molecule has 4 heteroatoms. The molecule has 0 radical (unpaired) electrons. The van der Waals surface area contributed by atoms with Crippen molar-refractivity contribution >= 4 is 22.2 Å². The van der Waals surface area contributed by atoms with E-state index in [0.29, 0.717) is 0 Å². The fourth-order valence-electron chi connectivity index (χ4n) is 2.22. The molecule has 1 N–H and O–H groups in total. The van der Waals surface area contributed by atoms with E-state index in [1.54, 1.807) is 11.3 Å². The van der Waals surface area contributed by atoms with Gasteiger partial charge in [0, 0.05) is 23.7 Å². The van der Waals surface area contributed by atoms with Gasteiger partial charge in [-0.2, -0.15) is 0 Å². The summed E-state index contributed by atoms with van der Waals surface area (Å²) in [6.45, 7) is 11.5. The van der Waals surface area contributed by atoms with Gasteiger partial charge in [-0.1, -0.05) is 36.0 Å². The van der Waals surface area contributed by atoms with Crippen LogP contribution in [0.2, 0.25) is 0 Å². The van der Waals surface area contributed by atoms with Crippen molar-refractivity contribution in [2.75, 3.05) is 18.0 Å². The predicted molar refractivity (Wildman–Crippen MR) is 92.7 cm³/mol. The first-order valence-electron chi connectivity index (χ1n) is 7.67. The lowest BCUT2D eigenvalue weighted by atomic mass is 10.2. The quantitative estimate of drug-likeness (QED) is 0.768. The van der Waals surface area contributed by atoms with Gasteiger partial charge >= 0.3 is 0 Å². The normalized spacial score (nSPS) is 10.9. The molecule has 0 aliphatic carbocycles. The molecular weight excluding hydrogens is 278 g/mol. The number of benzene rings is 1. The average Bonchev–Trinajstić information content (AvgIpc) is 2.83. The topological polar surface area (TPSA) is 28.2 Å². The fourth-order valence-corrected chi connectivity index (χ4v) is 3.34. The minimum Gasteiger partial charge on any atom is -0.318 e. The third-order valence-electron chi connectivity index (χ3n) is 3.49. The second-order valence-corrected chi connectivity index (χ2v) is 6.32. The van der Waals surface area contributed by atoms with Crippen LogP contribution in [0.5, 0.6) is 0 Å². The number of hydrogen-bond acceptors (Lipinski definition) is 4. The Labute approximate surface area is 132 Å². The molecule has 0 spiro atoms. The maximum absolute atomic E-state index is 4.76. The SMILES string of the molecule is CCCNCc1sc(N(CC)c2ccc(C)cc2)nc1C. The Morgan fingerprint density at radius 1 is 1.14 bits per heavy atom. The van der Waals surface area contributed by atoms with Crippen molar-refractivity contribution in [3.63, 3.8) is 0 Å². The molecule has 0 unspecified atom stereocenters. The molecule has 0 fully saturated rings. The zero-order valence-electron chi connectivity index (χ0n) is 13.4. The first-order valence-corrected chi connectivity index (χ1v) is 8.48. The van der Waals surface area contributed by atoms with Crippen LogP contribution in [-0.4, -0.2) is 18.1 Å². The van der Waals surface area contributed by atoms with Gasteiger partial charge in [0.05, 0.1) is 5.69 Å². The molecule has 0 atom stereocenters. The van der Waals surface area contributed by atoms with Crippen LogP contribution >= 0.6 is 11.3 Å². The highest BCUT2D eigenvalue weighted by molar-refractivity contribution is 7.15. The first kappa shape index (κ1) is 16.0. The number of anilines is 2. The second kappa shape index (κ2) is 7.57. The van der Waals surface area contributed by atoms with Crippen LogP contribution in [0, 0.1) is 13.8 Å². The summed E-state index contributed by atoms with van der Waals surface area (Å²) in [5.74, 6) is 0. The molecule has 1 heterocycles. The van der Waals surface area contributed by atoms with E-state index in [0.717, 1.165) is 36.9 Å². The summed E-state index contributed by atoms with van der Waals surface area (Å²) in [4.78, 5) is 8.38. The van der Waals surface area contributed by atoms with Gasteiger partial charge in [0.25, 0.3) is 0 Å². The van der Waals surface area contributed by atoms with Crippen molar-refractivity contribution < 1.29 is 0 Å². The Hall–Kier alpha value is -1.39. The standard InChI is InChI=1S/C17H25N3S/c1-5-11-18-12-16-14(4)19-17(21-16)20(6-2)15-9-7-13(3)8-10-15/h7-10,18H,5-6,11-12H2,1-4H3. The van der Waals surface area contributed by atoms with Crippen LogP contribution in [0.4, 0.5) is 10.8 Å². The number of nitrogens with one attached hydrogen (secondary N) is 1. The van der Waals surface area contributed by atoms with E-state index < -0.39 is 0 Å². The molecule has 3 nitrogen and oxygen atoms in total. The number of thiazole rings is 1. The monoisotopic (exact) mass is 303 g/mol. The van der Waals surface area contributed by atoms with Gasteiger partial charge in [-0.15, -0.1) is 0 Å². The molecule has 0 bridgehead atoms. The molecule has 2 rings (SSSR count).